The summed E-state index contributed by atoms with van der Waals surface area (Å²) in [7, 11) is -1.89. The summed E-state index contributed by atoms with van der Waals surface area (Å²) < 4.78 is 19.0. The Hall–Kier alpha value is -2.99. The molecule has 5 heteroatoms. The van der Waals surface area contributed by atoms with Crippen molar-refractivity contribution in [1.82, 2.24) is 0 Å². The molecule has 0 unspecified atom stereocenters. The highest BCUT2D eigenvalue weighted by molar-refractivity contribution is 8.09. The molecule has 0 N–H and O–H groups in total. The van der Waals surface area contributed by atoms with E-state index in [2.05, 4.69) is 11.6 Å². The molecule has 3 nitrogen and oxygen atoms in total. The number of benzene rings is 3. The van der Waals surface area contributed by atoms with Gasteiger partial charge in [-0.2, -0.15) is 0 Å². The van der Waals surface area contributed by atoms with Crippen molar-refractivity contribution in [3.8, 4) is 11.6 Å². The van der Waals surface area contributed by atoms with Gasteiger partial charge in [-0.3, -0.25) is 4.79 Å². The fourth-order valence-corrected chi connectivity index (χ4v) is 6.05. The maximum absolute atomic E-state index is 14.2. The molecule has 0 spiro atoms. The average molecular weight is 461 g/mol. The SMILES string of the molecule is COC(=O)CS/C(=C\[P@@](=O)(C#Cc1ccc(C)cc1)c1ccccc1)c1ccc(C)cc1. The number of methoxy groups -OCH3 is 1. The second-order valence-electron chi connectivity index (χ2n) is 7.32. The van der Waals surface area contributed by atoms with Crippen LogP contribution in [0.15, 0.2) is 84.7 Å². The third kappa shape index (κ3) is 6.50. The van der Waals surface area contributed by atoms with E-state index in [0.29, 0.717) is 5.30 Å². The summed E-state index contributed by atoms with van der Waals surface area (Å²) in [5, 5.41) is 0.655. The molecule has 0 aliphatic heterocycles. The number of aryl methyl sites for hydroxylation is 2. The van der Waals surface area contributed by atoms with Crippen LogP contribution in [0.2, 0.25) is 0 Å². The number of esters is 1. The van der Waals surface area contributed by atoms with Gasteiger partial charge in [0.15, 0.2) is 0 Å². The van der Waals surface area contributed by atoms with E-state index in [0.717, 1.165) is 27.2 Å². The van der Waals surface area contributed by atoms with Gasteiger partial charge in [-0.25, -0.2) is 0 Å². The predicted molar refractivity (Wildman–Crippen MR) is 135 cm³/mol. The Labute approximate surface area is 194 Å². The molecule has 32 heavy (non-hydrogen) atoms. The fraction of sp³-hybridized carbons (Fsp3) is 0.148. The van der Waals surface area contributed by atoms with Gasteiger partial charge >= 0.3 is 5.97 Å². The van der Waals surface area contributed by atoms with E-state index in [1.165, 1.54) is 18.9 Å². The van der Waals surface area contributed by atoms with Crippen LogP contribution in [0.1, 0.15) is 22.3 Å². The summed E-state index contributed by atoms with van der Waals surface area (Å²) in [6.07, 6.45) is 0. The normalized spacial score (nSPS) is 12.9. The van der Waals surface area contributed by atoms with Gasteiger partial charge in [0.1, 0.15) is 0 Å². The molecular weight excluding hydrogens is 435 g/mol. The van der Waals surface area contributed by atoms with Crippen molar-refractivity contribution in [2.24, 2.45) is 0 Å². The largest absolute Gasteiger partial charge is 0.468 e. The minimum Gasteiger partial charge on any atom is -0.468 e. The lowest BCUT2D eigenvalue weighted by Gasteiger charge is -2.13. The monoisotopic (exact) mass is 460 g/mol. The Kier molecular flexibility index (Phi) is 8.17. The van der Waals surface area contributed by atoms with E-state index in [1.54, 1.807) is 5.82 Å². The second-order valence-corrected chi connectivity index (χ2v) is 10.7. The minimum absolute atomic E-state index is 0.121. The van der Waals surface area contributed by atoms with Crippen LogP contribution in [0.25, 0.3) is 4.91 Å². The summed E-state index contributed by atoms with van der Waals surface area (Å²) in [6, 6.07) is 25.0. The van der Waals surface area contributed by atoms with Gasteiger partial charge < -0.3 is 9.30 Å². The molecule has 1 atom stereocenters. The number of hydrogen-bond donors (Lipinski definition) is 0. The smallest absolute Gasteiger partial charge is 0.315 e. The van der Waals surface area contributed by atoms with Gasteiger partial charge in [-0.1, -0.05) is 83.8 Å². The number of hydrogen-bond acceptors (Lipinski definition) is 4. The molecular formula is C27H25O3PS. The highest BCUT2D eigenvalue weighted by atomic mass is 32.2. The van der Waals surface area contributed by atoms with Crippen molar-refractivity contribution in [2.45, 2.75) is 13.8 Å². The van der Waals surface area contributed by atoms with Gasteiger partial charge in [-0.15, -0.1) is 11.8 Å². The Balaban J connectivity index is 2.11. The Bertz CT molecular complexity index is 1200. The van der Waals surface area contributed by atoms with Gasteiger partial charge in [0, 0.05) is 21.6 Å². The molecule has 0 saturated heterocycles. The minimum atomic E-state index is -3.25. The lowest BCUT2D eigenvalue weighted by Crippen LogP contribution is -2.04. The summed E-state index contributed by atoms with van der Waals surface area (Å²) in [5.74, 6) is 4.60. The molecule has 0 aliphatic rings. The van der Waals surface area contributed by atoms with E-state index in [9.17, 15) is 9.36 Å². The zero-order valence-corrected chi connectivity index (χ0v) is 20.1. The van der Waals surface area contributed by atoms with Crippen molar-refractivity contribution in [3.63, 3.8) is 0 Å². The molecule has 162 valence electrons. The van der Waals surface area contributed by atoms with Crippen molar-refractivity contribution in [3.05, 3.63) is 107 Å². The van der Waals surface area contributed by atoms with E-state index in [4.69, 9.17) is 4.74 Å². The van der Waals surface area contributed by atoms with E-state index in [1.807, 2.05) is 92.7 Å². The first-order chi connectivity index (χ1) is 15.4. The number of rotatable bonds is 6. The maximum Gasteiger partial charge on any atom is 0.315 e. The van der Waals surface area contributed by atoms with Gasteiger partial charge in [0.05, 0.1) is 12.9 Å². The van der Waals surface area contributed by atoms with Crippen molar-refractivity contribution in [1.29, 1.82) is 0 Å². The molecule has 3 aromatic rings. The molecule has 0 aromatic heterocycles. The Morgan fingerprint density at radius 3 is 2.12 bits per heavy atom. The van der Waals surface area contributed by atoms with Crippen LogP contribution in [-0.4, -0.2) is 18.8 Å². The molecule has 0 saturated carbocycles. The molecule has 0 heterocycles. The topological polar surface area (TPSA) is 43.4 Å². The first kappa shape index (κ1) is 23.7. The predicted octanol–water partition coefficient (Wildman–Crippen LogP) is 6.21. The maximum atomic E-state index is 14.2. The molecule has 3 aromatic carbocycles. The van der Waals surface area contributed by atoms with E-state index in [-0.39, 0.29) is 11.7 Å². The van der Waals surface area contributed by atoms with Gasteiger partial charge in [0.25, 0.3) is 0 Å². The van der Waals surface area contributed by atoms with E-state index >= 15 is 0 Å². The van der Waals surface area contributed by atoms with Crippen LogP contribution in [0.4, 0.5) is 0 Å². The highest BCUT2D eigenvalue weighted by Gasteiger charge is 2.22. The highest BCUT2D eigenvalue weighted by Crippen LogP contribution is 2.49. The number of thioether (sulfide) groups is 1. The summed E-state index contributed by atoms with van der Waals surface area (Å²) in [4.78, 5) is 12.5. The summed E-state index contributed by atoms with van der Waals surface area (Å²) in [5.41, 5.74) is 7.02. The van der Waals surface area contributed by atoms with Crippen LogP contribution in [-0.2, 0) is 14.1 Å². The molecule has 0 bridgehead atoms. The summed E-state index contributed by atoms with van der Waals surface area (Å²) in [6.45, 7) is 4.03. The molecule has 0 aliphatic carbocycles. The Morgan fingerprint density at radius 2 is 1.53 bits per heavy atom. The lowest BCUT2D eigenvalue weighted by molar-refractivity contribution is -0.137. The van der Waals surface area contributed by atoms with Crippen molar-refractivity contribution < 1.29 is 14.1 Å². The first-order valence-corrected chi connectivity index (χ1v) is 12.9. The standard InChI is InChI=1S/C27H25O3PS/c1-21-9-13-23(14-10-21)17-18-31(29,25-7-5-4-6-8-25)19-26(32-20-27(28)30-3)24-15-11-22(2)12-16-24/h4-16,19H,20H2,1-3H3/b26-19-/t31-/m0/s1. The number of carbonyl (C=O) groups excluding carboxylic acids is 1. The zero-order chi connectivity index (χ0) is 23.0. The fourth-order valence-electron chi connectivity index (χ4n) is 2.88. The number of ether oxygens (including phenoxy) is 1. The van der Waals surface area contributed by atoms with Crippen LogP contribution in [0, 0.1) is 25.4 Å². The van der Waals surface area contributed by atoms with Crippen LogP contribution < -0.4 is 5.30 Å². The average Bonchev–Trinajstić information content (AvgIpc) is 2.82. The summed E-state index contributed by atoms with van der Waals surface area (Å²) >= 11 is 1.30. The lowest BCUT2D eigenvalue weighted by atomic mass is 10.1. The first-order valence-electron chi connectivity index (χ1n) is 10.1. The second kappa shape index (κ2) is 11.0. The number of carbonyl (C=O) groups is 1. The quantitative estimate of drug-likeness (QED) is 0.249. The van der Waals surface area contributed by atoms with E-state index < -0.39 is 7.14 Å². The van der Waals surface area contributed by atoms with Gasteiger partial charge in [0.2, 0.25) is 7.14 Å². The third-order valence-corrected chi connectivity index (χ3v) is 8.12. The van der Waals surface area contributed by atoms with Gasteiger partial charge in [-0.05, 0) is 37.2 Å². The van der Waals surface area contributed by atoms with Crippen LogP contribution >= 0.6 is 18.9 Å². The van der Waals surface area contributed by atoms with Crippen molar-refractivity contribution >= 4 is 35.1 Å². The van der Waals surface area contributed by atoms with Crippen molar-refractivity contribution in [2.75, 3.05) is 12.9 Å². The molecule has 0 fully saturated rings. The molecule has 0 amide bonds. The Morgan fingerprint density at radius 1 is 0.938 bits per heavy atom. The molecule has 0 radical (unpaired) electrons. The molecule has 3 rings (SSSR count). The van der Waals surface area contributed by atoms with Crippen LogP contribution in [0.3, 0.4) is 0 Å². The van der Waals surface area contributed by atoms with Crippen LogP contribution in [0.5, 0.6) is 0 Å². The third-order valence-electron chi connectivity index (χ3n) is 4.77. The zero-order valence-electron chi connectivity index (χ0n) is 18.4.